The monoisotopic (exact) mass is 408 g/mol. The largest absolute Gasteiger partial charge is 0.489 e. The van der Waals surface area contributed by atoms with Crippen molar-refractivity contribution in [3.05, 3.63) is 81.0 Å². The molecule has 1 heterocycles. The van der Waals surface area contributed by atoms with E-state index >= 15 is 0 Å². The molecule has 150 valence electrons. The molecule has 0 unspecified atom stereocenters. The molecule has 2 aromatic carbocycles. The van der Waals surface area contributed by atoms with Gasteiger partial charge in [-0.2, -0.15) is 0 Å². The summed E-state index contributed by atoms with van der Waals surface area (Å²) in [5.74, 6) is 0.501. The van der Waals surface area contributed by atoms with Gasteiger partial charge in [-0.1, -0.05) is 29.8 Å². The first-order valence-electron chi connectivity index (χ1n) is 9.34. The van der Waals surface area contributed by atoms with Crippen LogP contribution in [0.25, 0.3) is 0 Å². The normalized spacial score (nSPS) is 10.4. The Morgan fingerprint density at radius 2 is 1.86 bits per heavy atom. The van der Waals surface area contributed by atoms with Gasteiger partial charge in [0.15, 0.2) is 0 Å². The highest BCUT2D eigenvalue weighted by atomic mass is 32.1. The minimum atomic E-state index is -0.166. The molecule has 2 N–H and O–H groups in total. The number of ether oxygens (including phenoxy) is 1. The lowest BCUT2D eigenvalue weighted by Gasteiger charge is -2.11. The molecule has 5 nitrogen and oxygen atoms in total. The van der Waals surface area contributed by atoms with Crippen molar-refractivity contribution in [2.75, 3.05) is 5.32 Å². The first kappa shape index (κ1) is 20.6. The van der Waals surface area contributed by atoms with E-state index in [1.54, 1.807) is 6.07 Å². The molecule has 0 saturated carbocycles. The van der Waals surface area contributed by atoms with E-state index in [9.17, 15) is 9.59 Å². The molecule has 6 heteroatoms. The van der Waals surface area contributed by atoms with Gasteiger partial charge < -0.3 is 15.4 Å². The van der Waals surface area contributed by atoms with Gasteiger partial charge >= 0.3 is 0 Å². The molecule has 0 saturated heterocycles. The standard InChI is InChI=1S/C23H24N2O3S/c1-15-5-4-6-18(11-15)14-28-19-7-9-21(16(2)12-19)25-23(27)22-10-8-20(29-22)13-24-17(3)26/h4-12H,13-14H2,1-3H3,(H,24,26)(H,25,27). The summed E-state index contributed by atoms with van der Waals surface area (Å²) >= 11 is 1.37. The summed E-state index contributed by atoms with van der Waals surface area (Å²) in [5.41, 5.74) is 3.99. The van der Waals surface area contributed by atoms with Gasteiger partial charge in [0.1, 0.15) is 12.4 Å². The SMILES string of the molecule is CC(=O)NCc1ccc(C(=O)Nc2ccc(OCc3cccc(C)c3)cc2C)s1. The lowest BCUT2D eigenvalue weighted by Crippen LogP contribution is -2.18. The number of nitrogens with one attached hydrogen (secondary N) is 2. The molecule has 0 radical (unpaired) electrons. The first-order chi connectivity index (χ1) is 13.9. The maximum atomic E-state index is 12.5. The molecule has 0 aliphatic rings. The number of rotatable bonds is 7. The Morgan fingerprint density at radius 1 is 1.03 bits per heavy atom. The third-order valence-corrected chi connectivity index (χ3v) is 5.42. The number of benzene rings is 2. The summed E-state index contributed by atoms with van der Waals surface area (Å²) in [5, 5.41) is 5.67. The van der Waals surface area contributed by atoms with Crippen molar-refractivity contribution in [3.63, 3.8) is 0 Å². The molecule has 29 heavy (non-hydrogen) atoms. The lowest BCUT2D eigenvalue weighted by atomic mass is 10.1. The molecule has 0 atom stereocenters. The van der Waals surface area contributed by atoms with Crippen molar-refractivity contribution in [2.45, 2.75) is 33.9 Å². The van der Waals surface area contributed by atoms with Crippen molar-refractivity contribution in [3.8, 4) is 5.75 Å². The molecule has 1 aromatic heterocycles. The molecule has 0 bridgehead atoms. The molecule has 0 aliphatic carbocycles. The van der Waals surface area contributed by atoms with Crippen LogP contribution in [0.2, 0.25) is 0 Å². The van der Waals surface area contributed by atoms with Gasteiger partial charge in [0.25, 0.3) is 5.91 Å². The number of aryl methyl sites for hydroxylation is 2. The second kappa shape index (κ2) is 9.39. The van der Waals surface area contributed by atoms with Crippen LogP contribution in [0.15, 0.2) is 54.6 Å². The fourth-order valence-electron chi connectivity index (χ4n) is 2.83. The van der Waals surface area contributed by atoms with Crippen LogP contribution < -0.4 is 15.4 Å². The summed E-state index contributed by atoms with van der Waals surface area (Å²) in [7, 11) is 0. The van der Waals surface area contributed by atoms with E-state index in [1.165, 1.54) is 23.8 Å². The molecule has 0 fully saturated rings. The predicted octanol–water partition coefficient (Wildman–Crippen LogP) is 4.83. The van der Waals surface area contributed by atoms with Gasteiger partial charge in [0, 0.05) is 17.5 Å². The van der Waals surface area contributed by atoms with Gasteiger partial charge in [-0.25, -0.2) is 0 Å². The zero-order chi connectivity index (χ0) is 20.8. The highest BCUT2D eigenvalue weighted by molar-refractivity contribution is 7.14. The third kappa shape index (κ3) is 5.93. The minimum Gasteiger partial charge on any atom is -0.489 e. The third-order valence-electron chi connectivity index (χ3n) is 4.33. The quantitative estimate of drug-likeness (QED) is 0.588. The van der Waals surface area contributed by atoms with Crippen LogP contribution >= 0.6 is 11.3 Å². The Labute approximate surface area is 174 Å². The summed E-state index contributed by atoms with van der Waals surface area (Å²) in [6, 6.07) is 17.5. The average molecular weight is 409 g/mol. The van der Waals surface area contributed by atoms with Gasteiger partial charge in [-0.05, 0) is 55.3 Å². The van der Waals surface area contributed by atoms with Crippen LogP contribution in [0.4, 0.5) is 5.69 Å². The van der Waals surface area contributed by atoms with Crippen molar-refractivity contribution >= 4 is 28.8 Å². The van der Waals surface area contributed by atoms with Gasteiger partial charge in [-0.3, -0.25) is 9.59 Å². The summed E-state index contributed by atoms with van der Waals surface area (Å²) < 4.78 is 5.88. The lowest BCUT2D eigenvalue weighted by molar-refractivity contribution is -0.119. The van der Waals surface area contributed by atoms with E-state index in [0.717, 1.165) is 27.4 Å². The van der Waals surface area contributed by atoms with E-state index in [1.807, 2.05) is 43.3 Å². The predicted molar refractivity (Wildman–Crippen MR) is 116 cm³/mol. The van der Waals surface area contributed by atoms with E-state index in [4.69, 9.17) is 4.74 Å². The highest BCUT2D eigenvalue weighted by Gasteiger charge is 2.11. The molecule has 2 amide bonds. The molecular weight excluding hydrogens is 384 g/mol. The number of hydrogen-bond acceptors (Lipinski definition) is 4. The van der Waals surface area contributed by atoms with Crippen LogP contribution in [0.1, 0.15) is 38.2 Å². The van der Waals surface area contributed by atoms with Crippen molar-refractivity contribution in [1.82, 2.24) is 5.32 Å². The van der Waals surface area contributed by atoms with Crippen molar-refractivity contribution in [2.24, 2.45) is 0 Å². The van der Waals surface area contributed by atoms with Crippen LogP contribution in [-0.2, 0) is 17.9 Å². The number of thiophene rings is 1. The number of carbonyl (C=O) groups excluding carboxylic acids is 2. The van der Waals surface area contributed by atoms with Gasteiger partial charge in [0.2, 0.25) is 5.91 Å². The van der Waals surface area contributed by atoms with E-state index < -0.39 is 0 Å². The van der Waals surface area contributed by atoms with E-state index in [-0.39, 0.29) is 11.8 Å². The fourth-order valence-corrected chi connectivity index (χ4v) is 3.67. The topological polar surface area (TPSA) is 67.4 Å². The van der Waals surface area contributed by atoms with Crippen LogP contribution in [0, 0.1) is 13.8 Å². The van der Waals surface area contributed by atoms with Crippen LogP contribution in [0.3, 0.4) is 0 Å². The minimum absolute atomic E-state index is 0.0928. The summed E-state index contributed by atoms with van der Waals surface area (Å²) in [6.07, 6.45) is 0. The maximum absolute atomic E-state index is 12.5. The second-order valence-electron chi connectivity index (χ2n) is 6.88. The Kier molecular flexibility index (Phi) is 6.67. The van der Waals surface area contributed by atoms with Gasteiger partial charge in [-0.15, -0.1) is 11.3 Å². The van der Waals surface area contributed by atoms with Crippen molar-refractivity contribution < 1.29 is 14.3 Å². The zero-order valence-corrected chi connectivity index (χ0v) is 17.6. The Bertz CT molecular complexity index is 1030. The molecular formula is C23H24N2O3S. The first-order valence-corrected chi connectivity index (χ1v) is 10.2. The second-order valence-corrected chi connectivity index (χ2v) is 8.05. The Morgan fingerprint density at radius 3 is 2.59 bits per heavy atom. The zero-order valence-electron chi connectivity index (χ0n) is 16.7. The molecule has 0 spiro atoms. The van der Waals surface area contributed by atoms with Crippen molar-refractivity contribution in [1.29, 1.82) is 0 Å². The Balaban J connectivity index is 1.60. The van der Waals surface area contributed by atoms with E-state index in [2.05, 4.69) is 29.7 Å². The molecule has 3 aromatic rings. The highest BCUT2D eigenvalue weighted by Crippen LogP contribution is 2.24. The maximum Gasteiger partial charge on any atom is 0.265 e. The number of amides is 2. The van der Waals surface area contributed by atoms with Gasteiger partial charge in [0.05, 0.1) is 11.4 Å². The Hall–Kier alpha value is -3.12. The number of carbonyl (C=O) groups is 2. The number of anilines is 1. The summed E-state index contributed by atoms with van der Waals surface area (Å²) in [4.78, 5) is 25.1. The average Bonchev–Trinajstić information content (AvgIpc) is 3.16. The van der Waals surface area contributed by atoms with Crippen LogP contribution in [-0.4, -0.2) is 11.8 Å². The summed E-state index contributed by atoms with van der Waals surface area (Å²) in [6.45, 7) is 6.39. The smallest absolute Gasteiger partial charge is 0.265 e. The van der Waals surface area contributed by atoms with Crippen LogP contribution in [0.5, 0.6) is 5.75 Å². The number of hydrogen-bond donors (Lipinski definition) is 2. The molecule has 3 rings (SSSR count). The van der Waals surface area contributed by atoms with E-state index in [0.29, 0.717) is 18.0 Å². The fraction of sp³-hybridized carbons (Fsp3) is 0.217. The molecule has 0 aliphatic heterocycles.